The van der Waals surface area contributed by atoms with Gasteiger partial charge in [0.15, 0.2) is 0 Å². The second-order valence-corrected chi connectivity index (χ2v) is 4.77. The topological polar surface area (TPSA) is 58.4 Å². The van der Waals surface area contributed by atoms with Gasteiger partial charge >= 0.3 is 0 Å². The predicted molar refractivity (Wildman–Crippen MR) is 68.3 cm³/mol. The third kappa shape index (κ3) is 1.67. The van der Waals surface area contributed by atoms with Crippen molar-refractivity contribution in [3.63, 3.8) is 0 Å². The molecular formula is C13H15N3O2. The zero-order valence-corrected chi connectivity index (χ0v) is 10.2. The minimum Gasteiger partial charge on any atom is -0.396 e. The number of hydrogen-bond acceptors (Lipinski definition) is 3. The Labute approximate surface area is 105 Å². The van der Waals surface area contributed by atoms with Gasteiger partial charge in [-0.05, 0) is 18.2 Å². The number of fused-ring (bicyclic) bond motifs is 1. The van der Waals surface area contributed by atoms with Crippen LogP contribution in [-0.4, -0.2) is 33.9 Å². The van der Waals surface area contributed by atoms with E-state index in [1.807, 2.05) is 25.2 Å². The van der Waals surface area contributed by atoms with Gasteiger partial charge in [-0.1, -0.05) is 0 Å². The van der Waals surface area contributed by atoms with E-state index in [1.54, 1.807) is 15.8 Å². The number of amides is 1. The molecule has 1 fully saturated rings. The molecule has 0 spiro atoms. The maximum atomic E-state index is 11.9. The standard InChI is InChI=1S/C13H15N3O2/c1-15-12-3-2-11(5-10(12)6-14-15)16-7-9(8-17)4-13(16)18/h2-3,5-6,9,17H,4,7-8H2,1H3. The summed E-state index contributed by atoms with van der Waals surface area (Å²) in [6.45, 7) is 0.665. The molecule has 1 aromatic heterocycles. The number of carbonyl (C=O) groups is 1. The van der Waals surface area contributed by atoms with Crippen LogP contribution in [0.1, 0.15) is 6.42 Å². The molecule has 94 valence electrons. The van der Waals surface area contributed by atoms with Crippen LogP contribution in [0.4, 0.5) is 5.69 Å². The molecule has 1 N–H and O–H groups in total. The van der Waals surface area contributed by atoms with E-state index in [9.17, 15) is 4.79 Å². The number of nitrogens with zero attached hydrogens (tertiary/aromatic N) is 3. The van der Waals surface area contributed by atoms with Gasteiger partial charge in [-0.2, -0.15) is 5.10 Å². The third-order valence-electron chi connectivity index (χ3n) is 3.50. The van der Waals surface area contributed by atoms with E-state index >= 15 is 0 Å². The molecule has 5 nitrogen and oxygen atoms in total. The molecule has 2 aromatic rings. The Hall–Kier alpha value is -1.88. The summed E-state index contributed by atoms with van der Waals surface area (Å²) in [6, 6.07) is 5.87. The van der Waals surface area contributed by atoms with E-state index in [0.29, 0.717) is 13.0 Å². The number of anilines is 1. The second kappa shape index (κ2) is 4.10. The second-order valence-electron chi connectivity index (χ2n) is 4.77. The van der Waals surface area contributed by atoms with Crippen molar-refractivity contribution in [2.24, 2.45) is 13.0 Å². The fourth-order valence-electron chi connectivity index (χ4n) is 2.47. The van der Waals surface area contributed by atoms with Crippen molar-refractivity contribution in [2.45, 2.75) is 6.42 Å². The predicted octanol–water partition coefficient (Wildman–Crippen LogP) is 0.919. The van der Waals surface area contributed by atoms with Gasteiger partial charge in [0.05, 0.1) is 11.7 Å². The summed E-state index contributed by atoms with van der Waals surface area (Å²) >= 11 is 0. The van der Waals surface area contributed by atoms with Crippen LogP contribution >= 0.6 is 0 Å². The first kappa shape index (κ1) is 11.2. The summed E-state index contributed by atoms with van der Waals surface area (Å²) in [5, 5.41) is 14.3. The van der Waals surface area contributed by atoms with Crippen molar-refractivity contribution in [3.8, 4) is 0 Å². The van der Waals surface area contributed by atoms with E-state index in [4.69, 9.17) is 5.11 Å². The number of rotatable bonds is 2. The zero-order valence-electron chi connectivity index (χ0n) is 10.2. The van der Waals surface area contributed by atoms with Gasteiger partial charge in [0.2, 0.25) is 5.91 Å². The molecule has 1 atom stereocenters. The van der Waals surface area contributed by atoms with Crippen LogP contribution in [0, 0.1) is 5.92 Å². The van der Waals surface area contributed by atoms with E-state index in [0.717, 1.165) is 16.6 Å². The fourth-order valence-corrected chi connectivity index (χ4v) is 2.47. The molecule has 0 radical (unpaired) electrons. The molecule has 0 aliphatic carbocycles. The van der Waals surface area contributed by atoms with Crippen LogP contribution in [0.15, 0.2) is 24.4 Å². The maximum Gasteiger partial charge on any atom is 0.227 e. The van der Waals surface area contributed by atoms with Gasteiger partial charge in [-0.15, -0.1) is 0 Å². The van der Waals surface area contributed by atoms with Crippen LogP contribution in [0.5, 0.6) is 0 Å². The number of aliphatic hydroxyl groups is 1. The van der Waals surface area contributed by atoms with E-state index < -0.39 is 0 Å². The number of hydrogen-bond donors (Lipinski definition) is 1. The molecule has 1 unspecified atom stereocenters. The molecular weight excluding hydrogens is 230 g/mol. The van der Waals surface area contributed by atoms with Crippen molar-refractivity contribution in [2.75, 3.05) is 18.1 Å². The Morgan fingerprint density at radius 2 is 2.33 bits per heavy atom. The van der Waals surface area contributed by atoms with Crippen LogP contribution in [0.2, 0.25) is 0 Å². The van der Waals surface area contributed by atoms with Crippen molar-refractivity contribution in [3.05, 3.63) is 24.4 Å². The molecule has 1 saturated heterocycles. The minimum atomic E-state index is 0.0575. The largest absolute Gasteiger partial charge is 0.396 e. The van der Waals surface area contributed by atoms with Crippen molar-refractivity contribution >= 4 is 22.5 Å². The first-order chi connectivity index (χ1) is 8.69. The summed E-state index contributed by atoms with van der Waals surface area (Å²) < 4.78 is 1.81. The number of aliphatic hydroxyl groups excluding tert-OH is 1. The first-order valence-corrected chi connectivity index (χ1v) is 6.02. The quantitative estimate of drug-likeness (QED) is 0.856. The average molecular weight is 245 g/mol. The van der Waals surface area contributed by atoms with Crippen LogP contribution in [0.25, 0.3) is 10.9 Å². The molecule has 3 rings (SSSR count). The van der Waals surface area contributed by atoms with E-state index in [-0.39, 0.29) is 18.4 Å². The average Bonchev–Trinajstić information content (AvgIpc) is 2.93. The Morgan fingerprint density at radius 1 is 1.50 bits per heavy atom. The Balaban J connectivity index is 1.97. The molecule has 1 aromatic carbocycles. The van der Waals surface area contributed by atoms with Gasteiger partial charge in [-0.25, -0.2) is 0 Å². The summed E-state index contributed by atoms with van der Waals surface area (Å²) in [5.41, 5.74) is 1.93. The van der Waals surface area contributed by atoms with Gasteiger partial charge in [-0.3, -0.25) is 9.48 Å². The van der Waals surface area contributed by atoms with Crippen molar-refractivity contribution < 1.29 is 9.90 Å². The van der Waals surface area contributed by atoms with Crippen molar-refractivity contribution in [1.82, 2.24) is 9.78 Å². The highest BCUT2D eigenvalue weighted by atomic mass is 16.3. The van der Waals surface area contributed by atoms with Gasteiger partial charge in [0.25, 0.3) is 0 Å². The number of aryl methyl sites for hydroxylation is 1. The van der Waals surface area contributed by atoms with Crippen molar-refractivity contribution in [1.29, 1.82) is 0 Å². The number of aromatic nitrogens is 2. The number of benzene rings is 1. The van der Waals surface area contributed by atoms with Crippen LogP contribution < -0.4 is 4.90 Å². The Morgan fingerprint density at radius 3 is 3.06 bits per heavy atom. The smallest absolute Gasteiger partial charge is 0.227 e. The minimum absolute atomic E-state index is 0.0575. The third-order valence-corrected chi connectivity index (χ3v) is 3.50. The monoisotopic (exact) mass is 245 g/mol. The summed E-state index contributed by atoms with van der Waals surface area (Å²) in [4.78, 5) is 13.6. The molecule has 18 heavy (non-hydrogen) atoms. The van der Waals surface area contributed by atoms with Gasteiger partial charge in [0.1, 0.15) is 0 Å². The first-order valence-electron chi connectivity index (χ1n) is 6.02. The highest BCUT2D eigenvalue weighted by molar-refractivity contribution is 5.97. The molecule has 5 heteroatoms. The highest BCUT2D eigenvalue weighted by Gasteiger charge is 2.30. The van der Waals surface area contributed by atoms with E-state index in [1.165, 1.54) is 0 Å². The SMILES string of the molecule is Cn1ncc2cc(N3CC(CO)CC3=O)ccc21. The summed E-state index contributed by atoms with van der Waals surface area (Å²) in [6.07, 6.45) is 2.23. The van der Waals surface area contributed by atoms with Crippen LogP contribution in [-0.2, 0) is 11.8 Å². The Bertz CT molecular complexity index is 605. The zero-order chi connectivity index (χ0) is 12.7. The molecule has 2 heterocycles. The normalized spacial score (nSPS) is 20.0. The lowest BCUT2D eigenvalue weighted by Crippen LogP contribution is -2.24. The lowest BCUT2D eigenvalue weighted by molar-refractivity contribution is -0.117. The van der Waals surface area contributed by atoms with Crippen LogP contribution in [0.3, 0.4) is 0 Å². The molecule has 1 amide bonds. The lowest BCUT2D eigenvalue weighted by atomic mass is 10.1. The Kier molecular flexibility index (Phi) is 2.56. The van der Waals surface area contributed by atoms with E-state index in [2.05, 4.69) is 5.10 Å². The summed E-state index contributed by atoms with van der Waals surface area (Å²) in [7, 11) is 1.89. The molecule has 0 bridgehead atoms. The molecule has 1 aliphatic heterocycles. The lowest BCUT2D eigenvalue weighted by Gasteiger charge is -2.16. The van der Waals surface area contributed by atoms with Gasteiger partial charge < -0.3 is 10.0 Å². The highest BCUT2D eigenvalue weighted by Crippen LogP contribution is 2.27. The maximum absolute atomic E-state index is 11.9. The van der Waals surface area contributed by atoms with Gasteiger partial charge in [0, 0.05) is 43.6 Å². The molecule has 0 saturated carbocycles. The summed E-state index contributed by atoms with van der Waals surface area (Å²) in [5.74, 6) is 0.138. The fraction of sp³-hybridized carbons (Fsp3) is 0.385. The number of carbonyl (C=O) groups excluding carboxylic acids is 1. The molecule has 1 aliphatic rings.